The third kappa shape index (κ3) is 5.27. The van der Waals surface area contributed by atoms with Crippen molar-refractivity contribution in [2.45, 2.75) is 6.61 Å². The number of benzene rings is 3. The summed E-state index contributed by atoms with van der Waals surface area (Å²) in [4.78, 5) is 27.1. The van der Waals surface area contributed by atoms with E-state index >= 15 is 0 Å². The first-order valence-electron chi connectivity index (χ1n) is 9.11. The predicted octanol–water partition coefficient (Wildman–Crippen LogP) is 7.37. The molecule has 0 aromatic heterocycles. The lowest BCUT2D eigenvalue weighted by molar-refractivity contribution is -0.113. The molecule has 1 fully saturated rings. The van der Waals surface area contributed by atoms with Crippen LogP contribution >= 0.6 is 68.5 Å². The number of hydrogen-bond donors (Lipinski definition) is 0. The zero-order valence-electron chi connectivity index (χ0n) is 15.8. The number of carbonyl (C=O) groups is 2. The molecule has 1 heterocycles. The summed E-state index contributed by atoms with van der Waals surface area (Å²) in [5.74, 6) is 0.323. The van der Waals surface area contributed by atoms with E-state index in [1.165, 1.54) is 0 Å². The fourth-order valence-corrected chi connectivity index (χ4v) is 5.99. The van der Waals surface area contributed by atoms with Crippen LogP contribution in [-0.4, -0.2) is 11.1 Å². The summed E-state index contributed by atoms with van der Waals surface area (Å²) in [5, 5.41) is 0.200. The van der Waals surface area contributed by atoms with Gasteiger partial charge in [-0.3, -0.25) is 9.59 Å². The second-order valence-electron chi connectivity index (χ2n) is 6.57. The fraction of sp³-hybridized carbons (Fsp3) is 0.0435. The third-order valence-corrected chi connectivity index (χ3v) is 6.97. The van der Waals surface area contributed by atoms with Crippen LogP contribution in [0.4, 0.5) is 10.5 Å². The van der Waals surface area contributed by atoms with Crippen LogP contribution in [0.1, 0.15) is 11.1 Å². The summed E-state index contributed by atoms with van der Waals surface area (Å²) in [5.41, 5.74) is 2.30. The number of halogens is 3. The van der Waals surface area contributed by atoms with E-state index in [0.717, 1.165) is 34.9 Å². The molecule has 0 bridgehead atoms. The Labute approximate surface area is 216 Å². The Kier molecular flexibility index (Phi) is 7.25. The number of nitrogens with zero attached hydrogens (tertiary/aromatic N) is 1. The Bertz CT molecular complexity index is 1180. The van der Waals surface area contributed by atoms with Crippen LogP contribution in [0.15, 0.2) is 71.6 Å². The predicted molar refractivity (Wildman–Crippen MR) is 143 cm³/mol. The molecular formula is C23H14ClI2NO3S. The molecule has 3 aromatic rings. The van der Waals surface area contributed by atoms with Crippen LogP contribution in [-0.2, 0) is 11.4 Å². The summed E-state index contributed by atoms with van der Waals surface area (Å²) >= 11 is 11.3. The minimum Gasteiger partial charge on any atom is -0.487 e. The van der Waals surface area contributed by atoms with Gasteiger partial charge < -0.3 is 4.74 Å². The van der Waals surface area contributed by atoms with Crippen molar-refractivity contribution >= 4 is 91.5 Å². The summed E-state index contributed by atoms with van der Waals surface area (Å²) < 4.78 is 8.06. The van der Waals surface area contributed by atoms with Crippen LogP contribution in [0, 0.1) is 7.14 Å². The molecule has 156 valence electrons. The molecule has 0 N–H and O–H groups in total. The van der Waals surface area contributed by atoms with Crippen LogP contribution in [0.5, 0.6) is 5.75 Å². The molecule has 1 aliphatic heterocycles. The van der Waals surface area contributed by atoms with Crippen molar-refractivity contribution in [3.8, 4) is 5.75 Å². The quantitative estimate of drug-likeness (QED) is 0.210. The minimum absolute atomic E-state index is 0.342. The lowest BCUT2D eigenvalue weighted by atomic mass is 10.1. The molecule has 0 saturated carbocycles. The Morgan fingerprint density at radius 3 is 2.42 bits per heavy atom. The number of thioether (sulfide) groups is 1. The lowest BCUT2D eigenvalue weighted by Crippen LogP contribution is -2.27. The van der Waals surface area contributed by atoms with E-state index in [1.54, 1.807) is 30.3 Å². The van der Waals surface area contributed by atoms with Crippen molar-refractivity contribution in [2.24, 2.45) is 0 Å². The van der Waals surface area contributed by atoms with Crippen molar-refractivity contribution in [2.75, 3.05) is 4.90 Å². The number of anilines is 1. The zero-order chi connectivity index (χ0) is 22.0. The topological polar surface area (TPSA) is 46.6 Å². The molecule has 2 amide bonds. The van der Waals surface area contributed by atoms with E-state index < -0.39 is 0 Å². The highest BCUT2D eigenvalue weighted by Crippen LogP contribution is 2.38. The SMILES string of the molecule is O=C1S/C(=C\c2cc(I)cc(I)c2OCc2ccccc2)C(=O)N1c1ccc(Cl)cc1. The van der Waals surface area contributed by atoms with Crippen LogP contribution in [0.25, 0.3) is 6.08 Å². The molecule has 8 heteroatoms. The van der Waals surface area contributed by atoms with Crippen molar-refractivity contribution in [3.05, 3.63) is 94.9 Å². The van der Waals surface area contributed by atoms with E-state index in [9.17, 15) is 9.59 Å². The average Bonchev–Trinajstić information content (AvgIpc) is 3.02. The van der Waals surface area contributed by atoms with Gasteiger partial charge in [0.15, 0.2) is 0 Å². The van der Waals surface area contributed by atoms with Crippen molar-refractivity contribution in [3.63, 3.8) is 0 Å². The van der Waals surface area contributed by atoms with E-state index in [0.29, 0.717) is 28.0 Å². The van der Waals surface area contributed by atoms with Crippen LogP contribution in [0.3, 0.4) is 0 Å². The van der Waals surface area contributed by atoms with Crippen LogP contribution in [0.2, 0.25) is 5.02 Å². The molecule has 3 aromatic carbocycles. The van der Waals surface area contributed by atoms with Gasteiger partial charge in [0, 0.05) is 14.2 Å². The number of carbonyl (C=O) groups excluding carboxylic acids is 2. The van der Waals surface area contributed by atoms with Gasteiger partial charge in [0.05, 0.1) is 14.2 Å². The van der Waals surface area contributed by atoms with E-state index in [1.807, 2.05) is 42.5 Å². The fourth-order valence-electron chi connectivity index (χ4n) is 2.99. The van der Waals surface area contributed by atoms with Gasteiger partial charge in [-0.1, -0.05) is 41.9 Å². The number of rotatable bonds is 5. The first-order valence-corrected chi connectivity index (χ1v) is 12.5. The van der Waals surface area contributed by atoms with Gasteiger partial charge in [-0.2, -0.15) is 0 Å². The van der Waals surface area contributed by atoms with Crippen molar-refractivity contribution in [1.82, 2.24) is 0 Å². The number of imide groups is 1. The monoisotopic (exact) mass is 673 g/mol. The Morgan fingerprint density at radius 1 is 1.00 bits per heavy atom. The van der Waals surface area contributed by atoms with Gasteiger partial charge in [0.25, 0.3) is 11.1 Å². The van der Waals surface area contributed by atoms with Gasteiger partial charge in [-0.15, -0.1) is 0 Å². The van der Waals surface area contributed by atoms with Gasteiger partial charge >= 0.3 is 0 Å². The van der Waals surface area contributed by atoms with E-state index in [4.69, 9.17) is 16.3 Å². The maximum Gasteiger partial charge on any atom is 0.298 e. The number of ether oxygens (including phenoxy) is 1. The molecule has 0 atom stereocenters. The van der Waals surface area contributed by atoms with E-state index in [-0.39, 0.29) is 11.1 Å². The normalized spacial score (nSPS) is 15.1. The Morgan fingerprint density at radius 2 is 1.71 bits per heavy atom. The van der Waals surface area contributed by atoms with Gasteiger partial charge in [0.1, 0.15) is 12.4 Å². The maximum atomic E-state index is 13.0. The molecule has 0 spiro atoms. The zero-order valence-corrected chi connectivity index (χ0v) is 21.7. The van der Waals surface area contributed by atoms with Crippen molar-refractivity contribution in [1.29, 1.82) is 0 Å². The summed E-state index contributed by atoms with van der Waals surface area (Å²) in [6.07, 6.45) is 1.73. The first kappa shape index (κ1) is 22.6. The highest BCUT2D eigenvalue weighted by atomic mass is 127. The third-order valence-electron chi connectivity index (χ3n) is 4.43. The highest BCUT2D eigenvalue weighted by molar-refractivity contribution is 14.1. The maximum absolute atomic E-state index is 13.0. The summed E-state index contributed by atoms with van der Waals surface area (Å²) in [6, 6.07) is 20.5. The van der Waals surface area contributed by atoms with Crippen molar-refractivity contribution < 1.29 is 14.3 Å². The molecule has 0 radical (unpaired) electrons. The second kappa shape index (κ2) is 9.93. The van der Waals surface area contributed by atoms with E-state index in [2.05, 4.69) is 45.2 Å². The largest absolute Gasteiger partial charge is 0.487 e. The van der Waals surface area contributed by atoms with Gasteiger partial charge in [-0.05, 0) is 105 Å². The first-order chi connectivity index (χ1) is 14.9. The highest BCUT2D eigenvalue weighted by Gasteiger charge is 2.36. The standard InChI is InChI=1S/C23H14ClI2NO3S/c24-16-6-8-18(9-7-16)27-22(28)20(31-23(27)29)11-15-10-17(25)12-19(26)21(15)30-13-14-4-2-1-3-5-14/h1-12H,13H2/b20-11-. The molecular weight excluding hydrogens is 660 g/mol. The molecule has 1 aliphatic rings. The smallest absolute Gasteiger partial charge is 0.298 e. The molecule has 0 aliphatic carbocycles. The van der Waals surface area contributed by atoms with Gasteiger partial charge in [-0.25, -0.2) is 4.90 Å². The van der Waals surface area contributed by atoms with Gasteiger partial charge in [0.2, 0.25) is 0 Å². The summed E-state index contributed by atoms with van der Waals surface area (Å²) in [7, 11) is 0. The average molecular weight is 674 g/mol. The summed E-state index contributed by atoms with van der Waals surface area (Å²) in [6.45, 7) is 0.407. The second-order valence-corrected chi connectivity index (χ2v) is 10.4. The lowest BCUT2D eigenvalue weighted by Gasteiger charge is -2.13. The number of hydrogen-bond acceptors (Lipinski definition) is 4. The molecule has 0 unspecified atom stereocenters. The minimum atomic E-state index is -0.361. The number of amides is 2. The van der Waals surface area contributed by atoms with Crippen LogP contribution < -0.4 is 9.64 Å². The molecule has 31 heavy (non-hydrogen) atoms. The Balaban J connectivity index is 1.65. The molecule has 1 saturated heterocycles. The molecule has 4 rings (SSSR count). The molecule has 4 nitrogen and oxygen atoms in total. The Hall–Kier alpha value is -1.56.